The molecule has 1 amide bonds. The lowest BCUT2D eigenvalue weighted by atomic mass is 9.98. The van der Waals surface area contributed by atoms with Crippen LogP contribution in [-0.4, -0.2) is 32.7 Å². The Morgan fingerprint density at radius 2 is 1.86 bits per heavy atom. The van der Waals surface area contributed by atoms with Crippen molar-refractivity contribution in [3.8, 4) is 5.75 Å². The lowest BCUT2D eigenvalue weighted by Gasteiger charge is -2.38. The molecule has 0 bridgehead atoms. The Kier molecular flexibility index (Phi) is 6.56. The second-order valence-electron chi connectivity index (χ2n) is 10.2. The maximum atomic E-state index is 12.1. The van der Waals surface area contributed by atoms with Gasteiger partial charge in [-0.05, 0) is 70.3 Å². The first kappa shape index (κ1) is 22.8. The summed E-state index contributed by atoms with van der Waals surface area (Å²) in [7, 11) is -1.80. The molecule has 0 spiro atoms. The summed E-state index contributed by atoms with van der Waals surface area (Å²) in [6.07, 6.45) is 1.48. The Morgan fingerprint density at radius 1 is 1.21 bits per heavy atom. The maximum absolute atomic E-state index is 12.1. The predicted molar refractivity (Wildman–Crippen MR) is 117 cm³/mol. The van der Waals surface area contributed by atoms with E-state index >= 15 is 0 Å². The van der Waals surface area contributed by atoms with Crippen LogP contribution in [0.1, 0.15) is 59.1 Å². The van der Waals surface area contributed by atoms with Crippen LogP contribution in [0.5, 0.6) is 5.75 Å². The Balaban J connectivity index is 2.08. The van der Waals surface area contributed by atoms with Crippen LogP contribution < -0.4 is 10.1 Å². The number of rotatable bonds is 4. The first-order valence-electron chi connectivity index (χ1n) is 10.1. The molecule has 0 aliphatic carbocycles. The van der Waals surface area contributed by atoms with E-state index in [2.05, 4.69) is 39.2 Å². The van der Waals surface area contributed by atoms with Crippen LogP contribution in [0.2, 0.25) is 18.1 Å². The second kappa shape index (κ2) is 8.07. The van der Waals surface area contributed by atoms with Gasteiger partial charge in [-0.25, -0.2) is 4.79 Å². The monoisotopic (exact) mass is 407 g/mol. The number of carbonyl (C=O) groups is 1. The van der Waals surface area contributed by atoms with Crippen LogP contribution in [0, 0.1) is 6.92 Å². The molecule has 28 heavy (non-hydrogen) atoms. The quantitative estimate of drug-likeness (QED) is 0.617. The molecule has 5 nitrogen and oxygen atoms in total. The fourth-order valence-electron chi connectivity index (χ4n) is 2.83. The Hall–Kier alpha value is -1.53. The SMILES string of the molecule is Cc1c(NC(=O)OC(C)(C)C)ccc2c1OC(CO[Si](C)(C)C(C)(C)C)CC2. The molecule has 1 aromatic rings. The number of benzene rings is 1. The minimum atomic E-state index is -1.80. The first-order chi connectivity index (χ1) is 12.7. The van der Waals surface area contributed by atoms with Crippen LogP contribution in [0.4, 0.5) is 10.5 Å². The Morgan fingerprint density at radius 3 is 2.43 bits per heavy atom. The van der Waals surface area contributed by atoms with E-state index in [0.29, 0.717) is 6.61 Å². The normalized spacial score (nSPS) is 17.5. The van der Waals surface area contributed by atoms with E-state index in [0.717, 1.165) is 29.8 Å². The third kappa shape index (κ3) is 5.74. The van der Waals surface area contributed by atoms with Crippen molar-refractivity contribution in [1.29, 1.82) is 0 Å². The number of nitrogens with one attached hydrogen (secondary N) is 1. The molecule has 6 heteroatoms. The van der Waals surface area contributed by atoms with Crippen molar-refractivity contribution >= 4 is 20.1 Å². The number of carbonyl (C=O) groups excluding carboxylic acids is 1. The van der Waals surface area contributed by atoms with Gasteiger partial charge >= 0.3 is 6.09 Å². The third-order valence-corrected chi connectivity index (χ3v) is 10.1. The van der Waals surface area contributed by atoms with Crippen molar-refractivity contribution in [3.63, 3.8) is 0 Å². The van der Waals surface area contributed by atoms with Crippen molar-refractivity contribution in [3.05, 3.63) is 23.3 Å². The van der Waals surface area contributed by atoms with Crippen molar-refractivity contribution in [2.45, 2.75) is 91.1 Å². The van der Waals surface area contributed by atoms with Crippen molar-refractivity contribution in [1.82, 2.24) is 0 Å². The summed E-state index contributed by atoms with van der Waals surface area (Å²) in [5, 5.41) is 3.02. The molecule has 1 heterocycles. The molecule has 1 N–H and O–H groups in total. The summed E-state index contributed by atoms with van der Waals surface area (Å²) in [6.45, 7) is 19.4. The van der Waals surface area contributed by atoms with Gasteiger partial charge in [-0.1, -0.05) is 26.8 Å². The van der Waals surface area contributed by atoms with Crippen LogP contribution in [0.3, 0.4) is 0 Å². The first-order valence-corrected chi connectivity index (χ1v) is 13.0. The molecule has 0 fully saturated rings. The average Bonchev–Trinajstić information content (AvgIpc) is 2.53. The Labute approximate surface area is 171 Å². The van der Waals surface area contributed by atoms with Gasteiger partial charge < -0.3 is 13.9 Å². The van der Waals surface area contributed by atoms with Crippen LogP contribution in [0.15, 0.2) is 12.1 Å². The summed E-state index contributed by atoms with van der Waals surface area (Å²) in [5.74, 6) is 0.864. The number of hydrogen-bond acceptors (Lipinski definition) is 4. The van der Waals surface area contributed by atoms with Crippen LogP contribution >= 0.6 is 0 Å². The van der Waals surface area contributed by atoms with E-state index in [9.17, 15) is 4.79 Å². The highest BCUT2D eigenvalue weighted by atomic mass is 28.4. The fourth-order valence-corrected chi connectivity index (χ4v) is 3.87. The number of hydrogen-bond donors (Lipinski definition) is 1. The zero-order valence-corrected chi connectivity index (χ0v) is 20.0. The van der Waals surface area contributed by atoms with Gasteiger partial charge in [0.1, 0.15) is 17.5 Å². The summed E-state index contributed by atoms with van der Waals surface area (Å²) in [5.41, 5.74) is 2.30. The highest BCUT2D eigenvalue weighted by molar-refractivity contribution is 6.74. The number of ether oxygens (including phenoxy) is 2. The molecular weight excluding hydrogens is 370 g/mol. The predicted octanol–water partition coefficient (Wildman–Crippen LogP) is 6.06. The highest BCUT2D eigenvalue weighted by Gasteiger charge is 2.38. The van der Waals surface area contributed by atoms with Gasteiger partial charge in [0, 0.05) is 5.56 Å². The summed E-state index contributed by atoms with van der Waals surface area (Å²) >= 11 is 0. The standard InChI is InChI=1S/C22H37NO4Si/c1-15-18(23-20(24)27-21(2,3)4)13-11-16-10-12-17(26-19(15)16)14-25-28(8,9)22(5,6)7/h11,13,17H,10,12,14H2,1-9H3,(H,23,24). The van der Waals surface area contributed by atoms with Crippen molar-refractivity contribution < 1.29 is 18.7 Å². The van der Waals surface area contributed by atoms with E-state index in [1.165, 1.54) is 5.56 Å². The van der Waals surface area contributed by atoms with Crippen LogP contribution in [-0.2, 0) is 15.6 Å². The highest BCUT2D eigenvalue weighted by Crippen LogP contribution is 2.38. The van der Waals surface area contributed by atoms with E-state index in [4.69, 9.17) is 13.9 Å². The molecule has 2 rings (SSSR count). The molecule has 1 atom stereocenters. The minimum absolute atomic E-state index is 0.0390. The number of anilines is 1. The van der Waals surface area contributed by atoms with Gasteiger partial charge in [0.25, 0.3) is 0 Å². The average molecular weight is 408 g/mol. The number of amides is 1. The third-order valence-electron chi connectivity index (χ3n) is 5.58. The molecule has 1 aliphatic rings. The van der Waals surface area contributed by atoms with Gasteiger partial charge in [0.2, 0.25) is 0 Å². The van der Waals surface area contributed by atoms with E-state index in [1.807, 2.05) is 39.8 Å². The van der Waals surface area contributed by atoms with Gasteiger partial charge in [-0.3, -0.25) is 5.32 Å². The molecule has 0 saturated carbocycles. The second-order valence-corrected chi connectivity index (χ2v) is 15.0. The molecule has 1 aromatic carbocycles. The summed E-state index contributed by atoms with van der Waals surface area (Å²) in [6, 6.07) is 3.95. The van der Waals surface area contributed by atoms with Gasteiger partial charge in [-0.15, -0.1) is 0 Å². The zero-order chi connectivity index (χ0) is 21.3. The van der Waals surface area contributed by atoms with Gasteiger partial charge in [-0.2, -0.15) is 0 Å². The van der Waals surface area contributed by atoms with E-state index in [-0.39, 0.29) is 11.1 Å². The summed E-state index contributed by atoms with van der Waals surface area (Å²) in [4.78, 5) is 12.1. The van der Waals surface area contributed by atoms with E-state index in [1.54, 1.807) is 0 Å². The van der Waals surface area contributed by atoms with Gasteiger partial charge in [0.15, 0.2) is 8.32 Å². The molecule has 1 aliphatic heterocycles. The molecule has 0 saturated heterocycles. The summed E-state index contributed by atoms with van der Waals surface area (Å²) < 4.78 is 18.0. The van der Waals surface area contributed by atoms with Crippen molar-refractivity contribution in [2.24, 2.45) is 0 Å². The molecular formula is C22H37NO4Si. The molecule has 158 valence electrons. The Bertz CT molecular complexity index is 716. The molecule has 0 radical (unpaired) electrons. The largest absolute Gasteiger partial charge is 0.487 e. The zero-order valence-electron chi connectivity index (χ0n) is 19.0. The fraction of sp³-hybridized carbons (Fsp3) is 0.682. The van der Waals surface area contributed by atoms with E-state index < -0.39 is 20.0 Å². The lowest BCUT2D eigenvalue weighted by Crippen LogP contribution is -2.44. The number of fused-ring (bicyclic) bond motifs is 1. The molecule has 1 unspecified atom stereocenters. The van der Waals surface area contributed by atoms with Gasteiger partial charge in [0.05, 0.1) is 12.3 Å². The minimum Gasteiger partial charge on any atom is -0.487 e. The topological polar surface area (TPSA) is 56.8 Å². The maximum Gasteiger partial charge on any atom is 0.412 e. The van der Waals surface area contributed by atoms with Crippen molar-refractivity contribution in [2.75, 3.05) is 11.9 Å². The smallest absolute Gasteiger partial charge is 0.412 e. The lowest BCUT2D eigenvalue weighted by molar-refractivity contribution is 0.0635. The van der Waals surface area contributed by atoms with Crippen LogP contribution in [0.25, 0.3) is 0 Å². The molecule has 0 aromatic heterocycles. The number of aryl methyl sites for hydroxylation is 1.